The number of rotatable bonds is 7. The van der Waals surface area contributed by atoms with E-state index in [1.165, 1.54) is 0 Å². The number of amides is 1. The summed E-state index contributed by atoms with van der Waals surface area (Å²) in [6.07, 6.45) is 2.32. The van der Waals surface area contributed by atoms with E-state index in [2.05, 4.69) is 31.2 Å². The van der Waals surface area contributed by atoms with Crippen LogP contribution in [0.15, 0.2) is 30.3 Å². The summed E-state index contributed by atoms with van der Waals surface area (Å²) in [5.41, 5.74) is 2.09. The number of hydrogen-bond acceptors (Lipinski definition) is 4. The molecule has 6 heteroatoms. The van der Waals surface area contributed by atoms with E-state index in [9.17, 15) is 4.79 Å². The first-order valence-electron chi connectivity index (χ1n) is 9.02. The molecule has 26 heavy (non-hydrogen) atoms. The minimum absolute atomic E-state index is 0.146. The van der Waals surface area contributed by atoms with E-state index in [1.807, 2.05) is 35.0 Å². The lowest BCUT2D eigenvalue weighted by Crippen LogP contribution is -2.29. The van der Waals surface area contributed by atoms with Gasteiger partial charge in [-0.1, -0.05) is 0 Å². The molecule has 140 valence electrons. The van der Waals surface area contributed by atoms with Crippen molar-refractivity contribution in [3.8, 4) is 5.75 Å². The highest BCUT2D eigenvalue weighted by atomic mass is 16.5. The predicted molar refractivity (Wildman–Crippen MR) is 101 cm³/mol. The number of ether oxygens (including phenoxy) is 2. The topological polar surface area (TPSA) is 65.4 Å². The molecular formula is C20H27N3O3. The summed E-state index contributed by atoms with van der Waals surface area (Å²) < 4.78 is 12.3. The second kappa shape index (κ2) is 7.50. The predicted octanol–water partition coefficient (Wildman–Crippen LogP) is 3.79. The van der Waals surface area contributed by atoms with Crippen molar-refractivity contribution in [3.63, 3.8) is 0 Å². The zero-order chi connectivity index (χ0) is 18.7. The fraction of sp³-hybridized carbons (Fsp3) is 0.500. The first-order chi connectivity index (χ1) is 12.4. The van der Waals surface area contributed by atoms with E-state index >= 15 is 0 Å². The van der Waals surface area contributed by atoms with Gasteiger partial charge in [0.05, 0.1) is 17.8 Å². The lowest BCUT2D eigenvalue weighted by atomic mass is 10.1. The Morgan fingerprint density at radius 2 is 1.92 bits per heavy atom. The first kappa shape index (κ1) is 18.5. The third-order valence-corrected chi connectivity index (χ3v) is 4.26. The van der Waals surface area contributed by atoms with Gasteiger partial charge in [-0.15, -0.1) is 0 Å². The Bertz CT molecular complexity index is 756. The molecule has 1 heterocycles. The van der Waals surface area contributed by atoms with Gasteiger partial charge < -0.3 is 14.8 Å². The van der Waals surface area contributed by atoms with Crippen LogP contribution in [-0.2, 0) is 10.3 Å². The molecule has 1 saturated carbocycles. The number of nitrogens with zero attached hydrogens (tertiary/aromatic N) is 2. The van der Waals surface area contributed by atoms with Crippen molar-refractivity contribution in [1.29, 1.82) is 0 Å². The molecule has 2 aromatic rings. The van der Waals surface area contributed by atoms with E-state index in [-0.39, 0.29) is 11.4 Å². The third-order valence-electron chi connectivity index (χ3n) is 4.26. The van der Waals surface area contributed by atoms with Gasteiger partial charge in [-0.3, -0.25) is 9.48 Å². The lowest BCUT2D eigenvalue weighted by molar-refractivity contribution is 0.100. The van der Waals surface area contributed by atoms with Crippen molar-refractivity contribution in [1.82, 2.24) is 9.78 Å². The number of anilines is 1. The summed E-state index contributed by atoms with van der Waals surface area (Å²) in [6, 6.07) is 9.27. The van der Waals surface area contributed by atoms with Gasteiger partial charge in [0.25, 0.3) is 5.91 Å². The minimum Gasteiger partial charge on any atom is -0.491 e. The highest BCUT2D eigenvalue weighted by Crippen LogP contribution is 2.40. The maximum Gasteiger partial charge on any atom is 0.273 e. The highest BCUT2D eigenvalue weighted by Gasteiger charge is 2.31. The fourth-order valence-corrected chi connectivity index (χ4v) is 2.72. The maximum absolute atomic E-state index is 12.8. The first-order valence-corrected chi connectivity index (χ1v) is 9.02. The van der Waals surface area contributed by atoms with Crippen LogP contribution in [0.25, 0.3) is 0 Å². The quantitative estimate of drug-likeness (QED) is 0.766. The van der Waals surface area contributed by atoms with Crippen molar-refractivity contribution >= 4 is 11.6 Å². The number of methoxy groups -OCH3 is 1. The van der Waals surface area contributed by atoms with Crippen LogP contribution in [-0.4, -0.2) is 36.0 Å². The van der Waals surface area contributed by atoms with Crippen molar-refractivity contribution < 1.29 is 14.3 Å². The molecule has 1 aromatic carbocycles. The molecular weight excluding hydrogens is 330 g/mol. The summed E-state index contributed by atoms with van der Waals surface area (Å²) in [6.45, 7) is 7.20. The Hall–Kier alpha value is -2.34. The molecule has 1 aliphatic carbocycles. The molecule has 0 bridgehead atoms. The molecule has 1 aliphatic rings. The zero-order valence-corrected chi connectivity index (χ0v) is 15.9. The Morgan fingerprint density at radius 1 is 1.23 bits per heavy atom. The average molecular weight is 357 g/mol. The average Bonchev–Trinajstić information content (AvgIpc) is 3.33. The minimum atomic E-state index is -0.251. The number of nitrogens with one attached hydrogen (secondary N) is 1. The van der Waals surface area contributed by atoms with Gasteiger partial charge >= 0.3 is 0 Å². The molecule has 6 nitrogen and oxygen atoms in total. The van der Waals surface area contributed by atoms with Crippen LogP contribution in [0.5, 0.6) is 5.75 Å². The number of carbonyl (C=O) groups is 1. The van der Waals surface area contributed by atoms with E-state index in [0.29, 0.717) is 24.8 Å². The van der Waals surface area contributed by atoms with Gasteiger partial charge in [-0.2, -0.15) is 5.10 Å². The second-order valence-corrected chi connectivity index (χ2v) is 7.63. The molecule has 0 aliphatic heterocycles. The number of benzene rings is 1. The van der Waals surface area contributed by atoms with Gasteiger partial charge in [0, 0.05) is 18.7 Å². The zero-order valence-electron chi connectivity index (χ0n) is 15.9. The van der Waals surface area contributed by atoms with Crippen LogP contribution >= 0.6 is 0 Å². The summed E-state index contributed by atoms with van der Waals surface area (Å²) in [5, 5.41) is 7.64. The van der Waals surface area contributed by atoms with Gasteiger partial charge in [-0.25, -0.2) is 0 Å². The molecule has 0 saturated heterocycles. The van der Waals surface area contributed by atoms with E-state index < -0.39 is 0 Å². The van der Waals surface area contributed by atoms with E-state index in [4.69, 9.17) is 9.47 Å². The van der Waals surface area contributed by atoms with Crippen molar-refractivity contribution in [2.45, 2.75) is 45.1 Å². The third kappa shape index (κ3) is 4.43. The Labute approximate surface area is 154 Å². The van der Waals surface area contributed by atoms with Gasteiger partial charge in [0.1, 0.15) is 18.1 Å². The Morgan fingerprint density at radius 3 is 2.50 bits per heavy atom. The monoisotopic (exact) mass is 357 g/mol. The summed E-state index contributed by atoms with van der Waals surface area (Å²) in [7, 11) is 1.64. The lowest BCUT2D eigenvalue weighted by Gasteiger charge is -2.22. The highest BCUT2D eigenvalue weighted by molar-refractivity contribution is 6.03. The summed E-state index contributed by atoms with van der Waals surface area (Å²) in [5.74, 6) is 1.11. The van der Waals surface area contributed by atoms with Crippen LogP contribution in [0, 0.1) is 0 Å². The molecule has 0 spiro atoms. The fourth-order valence-electron chi connectivity index (χ4n) is 2.72. The molecule has 0 atom stereocenters. The number of aromatic nitrogens is 2. The van der Waals surface area contributed by atoms with Crippen LogP contribution in [0.3, 0.4) is 0 Å². The van der Waals surface area contributed by atoms with Crippen LogP contribution < -0.4 is 10.1 Å². The maximum atomic E-state index is 12.8. The van der Waals surface area contributed by atoms with Crippen molar-refractivity contribution in [2.75, 3.05) is 25.6 Å². The molecule has 3 rings (SSSR count). The Kier molecular flexibility index (Phi) is 5.32. The van der Waals surface area contributed by atoms with Crippen LogP contribution in [0.4, 0.5) is 5.69 Å². The van der Waals surface area contributed by atoms with Crippen molar-refractivity contribution in [2.24, 2.45) is 0 Å². The van der Waals surface area contributed by atoms with E-state index in [0.717, 1.165) is 30.0 Å². The second-order valence-electron chi connectivity index (χ2n) is 7.63. The normalized spacial score (nSPS) is 14.3. The van der Waals surface area contributed by atoms with Crippen molar-refractivity contribution in [3.05, 3.63) is 41.7 Å². The van der Waals surface area contributed by atoms with Gasteiger partial charge in [0.2, 0.25) is 0 Å². The van der Waals surface area contributed by atoms with Crippen LogP contribution in [0.1, 0.15) is 55.7 Å². The molecule has 1 fully saturated rings. The number of hydrogen-bond donors (Lipinski definition) is 1. The standard InChI is InChI=1S/C20H27N3O3/c1-20(2,3)23-18(13-17(22-23)14-5-6-14)19(24)21-15-7-9-16(10-8-15)26-12-11-25-4/h7-10,13-14H,5-6,11-12H2,1-4H3,(H,21,24). The largest absolute Gasteiger partial charge is 0.491 e. The summed E-state index contributed by atoms with van der Waals surface area (Å²) in [4.78, 5) is 12.8. The van der Waals surface area contributed by atoms with E-state index in [1.54, 1.807) is 7.11 Å². The molecule has 1 amide bonds. The summed E-state index contributed by atoms with van der Waals surface area (Å²) >= 11 is 0. The smallest absolute Gasteiger partial charge is 0.273 e. The Balaban J connectivity index is 1.71. The number of carbonyl (C=O) groups excluding carboxylic acids is 1. The van der Waals surface area contributed by atoms with Gasteiger partial charge in [0.15, 0.2) is 0 Å². The van der Waals surface area contributed by atoms with Gasteiger partial charge in [-0.05, 0) is 63.9 Å². The molecule has 1 N–H and O–H groups in total. The SMILES string of the molecule is COCCOc1ccc(NC(=O)c2cc(C3CC3)nn2C(C)(C)C)cc1. The van der Waals surface area contributed by atoms with Crippen LogP contribution in [0.2, 0.25) is 0 Å². The molecule has 0 unspecified atom stereocenters. The molecule has 0 radical (unpaired) electrons. The molecule has 1 aromatic heterocycles.